The van der Waals surface area contributed by atoms with Crippen molar-refractivity contribution >= 4 is 61.6 Å². The predicted octanol–water partition coefficient (Wildman–Crippen LogP) is 6.18. The van der Waals surface area contributed by atoms with Crippen LogP contribution in [-0.2, 0) is 22.0 Å². The summed E-state index contributed by atoms with van der Waals surface area (Å²) in [6.45, 7) is 1.75. The molecule has 0 bridgehead atoms. The summed E-state index contributed by atoms with van der Waals surface area (Å²) in [5.41, 5.74) is 0.574. The van der Waals surface area contributed by atoms with Gasteiger partial charge in [0.15, 0.2) is 0 Å². The van der Waals surface area contributed by atoms with Crippen molar-refractivity contribution in [1.29, 1.82) is 0 Å². The van der Waals surface area contributed by atoms with Gasteiger partial charge in [0, 0.05) is 27.9 Å². The molecule has 3 aromatic heterocycles. The molecule has 0 spiro atoms. The number of nitrogens with one attached hydrogen (secondary N) is 1. The number of carbonyl (C=O) groups is 2. The molecular formula is C25H20ClN3O4S2. The SMILES string of the molecule is CC(OC(=O)Nc1c(C#Cc2cc3cc(C4(C(=O)O)CC4)sc3s2)cnn1C)c1ccccc1Cl. The van der Waals surface area contributed by atoms with Crippen LogP contribution in [0.25, 0.3) is 9.40 Å². The molecule has 0 radical (unpaired) electrons. The molecule has 10 heteroatoms. The first-order chi connectivity index (χ1) is 16.8. The average Bonchev–Trinajstić information content (AvgIpc) is 3.25. The number of hydrogen-bond acceptors (Lipinski definition) is 6. The quantitative estimate of drug-likeness (QED) is 0.304. The molecule has 4 aromatic rings. The van der Waals surface area contributed by atoms with Crippen molar-refractivity contribution in [2.45, 2.75) is 31.3 Å². The van der Waals surface area contributed by atoms with E-state index in [-0.39, 0.29) is 0 Å². The first-order valence-electron chi connectivity index (χ1n) is 10.8. The van der Waals surface area contributed by atoms with Crippen molar-refractivity contribution in [2.24, 2.45) is 7.05 Å². The lowest BCUT2D eigenvalue weighted by molar-refractivity contribution is -0.139. The second kappa shape index (κ2) is 9.04. The summed E-state index contributed by atoms with van der Waals surface area (Å²) in [6, 6.07) is 11.1. The zero-order valence-electron chi connectivity index (χ0n) is 18.8. The Kier molecular flexibility index (Phi) is 6.05. The van der Waals surface area contributed by atoms with E-state index in [2.05, 4.69) is 22.3 Å². The van der Waals surface area contributed by atoms with Crippen molar-refractivity contribution in [3.05, 3.63) is 68.5 Å². The number of amides is 1. The number of hydrogen-bond donors (Lipinski definition) is 2. The van der Waals surface area contributed by atoms with Crippen LogP contribution < -0.4 is 5.32 Å². The van der Waals surface area contributed by atoms with Gasteiger partial charge in [-0.1, -0.05) is 41.6 Å². The van der Waals surface area contributed by atoms with Crippen LogP contribution in [0.3, 0.4) is 0 Å². The number of carboxylic acid groups (broad SMARTS) is 1. The Morgan fingerprint density at radius 1 is 1.26 bits per heavy atom. The van der Waals surface area contributed by atoms with Gasteiger partial charge in [-0.3, -0.25) is 14.8 Å². The molecule has 5 rings (SSSR count). The van der Waals surface area contributed by atoms with E-state index in [1.165, 1.54) is 27.4 Å². The number of aryl methyl sites for hydroxylation is 1. The van der Waals surface area contributed by atoms with Crippen LogP contribution in [-0.4, -0.2) is 26.9 Å². The zero-order valence-corrected chi connectivity index (χ0v) is 21.2. The van der Waals surface area contributed by atoms with E-state index in [1.807, 2.05) is 30.3 Å². The lowest BCUT2D eigenvalue weighted by atomic mass is 10.1. The lowest BCUT2D eigenvalue weighted by Crippen LogP contribution is -2.18. The maximum atomic E-state index is 12.5. The Morgan fingerprint density at radius 3 is 2.71 bits per heavy atom. The van der Waals surface area contributed by atoms with Gasteiger partial charge in [0.05, 0.1) is 20.7 Å². The van der Waals surface area contributed by atoms with E-state index in [1.54, 1.807) is 26.2 Å². The topological polar surface area (TPSA) is 93.4 Å². The molecule has 178 valence electrons. The molecule has 0 saturated heterocycles. The van der Waals surface area contributed by atoms with Gasteiger partial charge in [-0.2, -0.15) is 5.10 Å². The van der Waals surface area contributed by atoms with Crippen LogP contribution >= 0.6 is 34.3 Å². The molecule has 1 amide bonds. The first-order valence-corrected chi connectivity index (χ1v) is 12.8. The Bertz CT molecular complexity index is 1490. The number of ether oxygens (including phenoxy) is 1. The number of halogens is 1. The standard InChI is InChI=1S/C25H20ClN3O4S2/c1-14(18-5-3-4-6-19(18)26)33-24(32)28-21-15(13-27-29(21)2)7-8-17-11-16-12-20(35-22(16)34-17)25(9-10-25)23(30)31/h3-6,11-14H,9-10H2,1-2H3,(H,28,32)(H,30,31). The fraction of sp³-hybridized carbons (Fsp3) is 0.240. The summed E-state index contributed by atoms with van der Waals surface area (Å²) in [5, 5.41) is 18.0. The van der Waals surface area contributed by atoms with Crippen LogP contribution in [0.4, 0.5) is 10.6 Å². The second-order valence-electron chi connectivity index (χ2n) is 8.33. The van der Waals surface area contributed by atoms with Gasteiger partial charge >= 0.3 is 12.1 Å². The van der Waals surface area contributed by atoms with Gasteiger partial charge in [-0.05, 0) is 38.0 Å². The maximum absolute atomic E-state index is 12.5. The van der Waals surface area contributed by atoms with Crippen LogP contribution in [0.15, 0.2) is 42.6 Å². The van der Waals surface area contributed by atoms with Crippen molar-refractivity contribution in [3.8, 4) is 11.8 Å². The normalized spacial score (nSPS) is 14.7. The van der Waals surface area contributed by atoms with E-state index in [4.69, 9.17) is 16.3 Å². The number of nitrogens with zero attached hydrogens (tertiary/aromatic N) is 2. The minimum absolute atomic E-state index is 0.423. The summed E-state index contributed by atoms with van der Waals surface area (Å²) in [7, 11) is 1.71. The molecule has 35 heavy (non-hydrogen) atoms. The third-order valence-corrected chi connectivity index (χ3v) is 8.81. The van der Waals surface area contributed by atoms with E-state index in [9.17, 15) is 14.7 Å². The number of rotatable bonds is 5. The monoisotopic (exact) mass is 525 g/mol. The van der Waals surface area contributed by atoms with E-state index < -0.39 is 23.6 Å². The number of aromatic nitrogens is 2. The third-order valence-electron chi connectivity index (χ3n) is 5.95. The van der Waals surface area contributed by atoms with Gasteiger partial charge in [0.25, 0.3) is 0 Å². The van der Waals surface area contributed by atoms with Crippen molar-refractivity contribution < 1.29 is 19.4 Å². The molecule has 3 heterocycles. The highest BCUT2D eigenvalue weighted by atomic mass is 35.5. The average molecular weight is 526 g/mol. The number of benzene rings is 1. The minimum atomic E-state index is -0.747. The summed E-state index contributed by atoms with van der Waals surface area (Å²) < 4.78 is 8.06. The highest BCUT2D eigenvalue weighted by Crippen LogP contribution is 2.52. The number of thiophene rings is 2. The molecule has 1 fully saturated rings. The summed E-state index contributed by atoms with van der Waals surface area (Å²) in [6.07, 6.45) is 1.79. The smallest absolute Gasteiger partial charge is 0.413 e. The van der Waals surface area contributed by atoms with Gasteiger partial charge < -0.3 is 9.84 Å². The summed E-state index contributed by atoms with van der Waals surface area (Å²) in [5.74, 6) is 5.88. The van der Waals surface area contributed by atoms with Gasteiger partial charge in [0.1, 0.15) is 17.3 Å². The highest BCUT2D eigenvalue weighted by Gasteiger charge is 2.53. The number of carboxylic acids is 1. The lowest BCUT2D eigenvalue weighted by Gasteiger charge is -2.15. The Balaban J connectivity index is 1.30. The van der Waals surface area contributed by atoms with Gasteiger partial charge in [-0.25, -0.2) is 4.79 Å². The van der Waals surface area contributed by atoms with Crippen LogP contribution in [0.5, 0.6) is 0 Å². The van der Waals surface area contributed by atoms with Crippen molar-refractivity contribution in [1.82, 2.24) is 9.78 Å². The summed E-state index contributed by atoms with van der Waals surface area (Å²) in [4.78, 5) is 25.9. The number of carbonyl (C=O) groups excluding carboxylic acids is 1. The van der Waals surface area contributed by atoms with E-state index in [0.717, 1.165) is 19.2 Å². The Labute approximate surface area is 214 Å². The Morgan fingerprint density at radius 2 is 2.03 bits per heavy atom. The molecule has 2 N–H and O–H groups in total. The van der Waals surface area contributed by atoms with Gasteiger partial charge in [0.2, 0.25) is 0 Å². The fourth-order valence-corrected chi connectivity index (χ4v) is 6.61. The number of fused-ring (bicyclic) bond motifs is 1. The fourth-order valence-electron chi connectivity index (χ4n) is 3.79. The zero-order chi connectivity index (χ0) is 24.7. The molecule has 1 aromatic carbocycles. The first kappa shape index (κ1) is 23.4. The third kappa shape index (κ3) is 4.52. The number of anilines is 1. The minimum Gasteiger partial charge on any atom is -0.481 e. The highest BCUT2D eigenvalue weighted by molar-refractivity contribution is 7.38. The predicted molar refractivity (Wildman–Crippen MR) is 137 cm³/mol. The molecule has 1 unspecified atom stereocenters. The molecule has 1 aliphatic carbocycles. The molecule has 1 atom stereocenters. The maximum Gasteiger partial charge on any atom is 0.413 e. The number of aliphatic carboxylic acids is 1. The second-order valence-corrected chi connectivity index (χ2v) is 11.1. The van der Waals surface area contributed by atoms with Crippen LogP contribution in [0, 0.1) is 11.8 Å². The van der Waals surface area contributed by atoms with Crippen LogP contribution in [0.2, 0.25) is 5.02 Å². The van der Waals surface area contributed by atoms with Gasteiger partial charge in [-0.15, -0.1) is 22.7 Å². The summed E-state index contributed by atoms with van der Waals surface area (Å²) >= 11 is 9.25. The largest absolute Gasteiger partial charge is 0.481 e. The van der Waals surface area contributed by atoms with Crippen molar-refractivity contribution in [3.63, 3.8) is 0 Å². The Hall–Kier alpha value is -3.32. The van der Waals surface area contributed by atoms with E-state index in [0.29, 0.717) is 34.8 Å². The van der Waals surface area contributed by atoms with E-state index >= 15 is 0 Å². The molecule has 0 aliphatic heterocycles. The molecule has 1 saturated carbocycles. The molecular weight excluding hydrogens is 506 g/mol. The van der Waals surface area contributed by atoms with Crippen molar-refractivity contribution in [2.75, 3.05) is 5.32 Å². The van der Waals surface area contributed by atoms with Crippen LogP contribution in [0.1, 0.15) is 46.8 Å². The molecule has 1 aliphatic rings. The molecule has 7 nitrogen and oxygen atoms in total.